The summed E-state index contributed by atoms with van der Waals surface area (Å²) >= 11 is 1.66. The lowest BCUT2D eigenvalue weighted by atomic mass is 10.1. The third-order valence-electron chi connectivity index (χ3n) is 5.17. The minimum absolute atomic E-state index is 0.156. The van der Waals surface area contributed by atoms with Crippen molar-refractivity contribution in [3.63, 3.8) is 0 Å². The Hall–Kier alpha value is -3.00. The van der Waals surface area contributed by atoms with E-state index >= 15 is 0 Å². The summed E-state index contributed by atoms with van der Waals surface area (Å²) < 4.78 is 1.34. The molecule has 156 valence electrons. The monoisotopic (exact) mass is 423 g/mol. The molecule has 0 bridgehead atoms. The van der Waals surface area contributed by atoms with Crippen molar-refractivity contribution in [2.75, 3.05) is 18.0 Å². The number of hydrazone groups is 1. The first kappa shape index (κ1) is 20.3. The number of aromatic nitrogens is 2. The molecule has 1 aromatic carbocycles. The topological polar surface area (TPSA) is 79.6 Å². The van der Waals surface area contributed by atoms with Crippen LogP contribution in [0.2, 0.25) is 0 Å². The Labute approximate surface area is 179 Å². The van der Waals surface area contributed by atoms with Gasteiger partial charge in [-0.15, -0.1) is 11.3 Å². The van der Waals surface area contributed by atoms with Gasteiger partial charge in [0.1, 0.15) is 0 Å². The number of hydrogen-bond donors (Lipinski definition) is 1. The largest absolute Gasteiger partial charge is 0.363 e. The zero-order chi connectivity index (χ0) is 21.1. The number of carbonyl (C=O) groups is 1. The molecule has 3 aromatic rings. The van der Waals surface area contributed by atoms with Crippen molar-refractivity contribution in [1.29, 1.82) is 0 Å². The van der Waals surface area contributed by atoms with Crippen LogP contribution in [0.1, 0.15) is 54.5 Å². The Morgan fingerprint density at radius 2 is 1.87 bits per heavy atom. The van der Waals surface area contributed by atoms with Crippen LogP contribution in [0.3, 0.4) is 0 Å². The summed E-state index contributed by atoms with van der Waals surface area (Å²) in [6.45, 7) is 5.91. The third-order valence-corrected chi connectivity index (χ3v) is 6.25. The molecule has 30 heavy (non-hydrogen) atoms. The van der Waals surface area contributed by atoms with Gasteiger partial charge in [0.05, 0.1) is 22.6 Å². The second-order valence-electron chi connectivity index (χ2n) is 7.66. The number of rotatable bonds is 5. The molecule has 1 saturated heterocycles. The van der Waals surface area contributed by atoms with Crippen LogP contribution in [0.4, 0.5) is 5.00 Å². The highest BCUT2D eigenvalue weighted by Gasteiger charge is 2.17. The average Bonchev–Trinajstić information content (AvgIpc) is 3.23. The molecule has 4 rings (SSSR count). The Balaban J connectivity index is 1.53. The van der Waals surface area contributed by atoms with Gasteiger partial charge in [-0.2, -0.15) is 10.2 Å². The molecule has 7 nitrogen and oxygen atoms in total. The molecule has 0 aliphatic carbocycles. The first-order valence-corrected chi connectivity index (χ1v) is 11.1. The average molecular weight is 424 g/mol. The van der Waals surface area contributed by atoms with Crippen LogP contribution < -0.4 is 15.9 Å². The van der Waals surface area contributed by atoms with E-state index in [0.717, 1.165) is 18.0 Å². The minimum Gasteiger partial charge on any atom is -0.363 e. The lowest BCUT2D eigenvalue weighted by molar-refractivity contribution is 0.0949. The summed E-state index contributed by atoms with van der Waals surface area (Å²) in [5, 5.41) is 10.7. The standard InChI is InChI=1S/C22H25N5O2S/c1-15(2)27-22(29)18-9-5-4-8-17(18)20(25-27)21(28)24-23-14-16-10-11-19(30-16)26-12-6-3-7-13-26/h4-5,8-11,14-15H,3,6-7,12-13H2,1-2H3,(H,24,28)/b23-14-. The fraction of sp³-hybridized carbons (Fsp3) is 0.364. The van der Waals surface area contributed by atoms with Crippen molar-refractivity contribution in [3.05, 3.63) is 57.3 Å². The van der Waals surface area contributed by atoms with Crippen LogP contribution in [0.15, 0.2) is 46.3 Å². The van der Waals surface area contributed by atoms with Crippen molar-refractivity contribution in [2.45, 2.75) is 39.2 Å². The third kappa shape index (κ3) is 4.14. The molecule has 1 N–H and O–H groups in total. The number of nitrogens with one attached hydrogen (secondary N) is 1. The SMILES string of the molecule is CC(C)n1nc(C(=O)N/N=C\c2ccc(N3CCCCC3)s2)c2ccccc2c1=O. The van der Waals surface area contributed by atoms with Gasteiger partial charge >= 0.3 is 0 Å². The molecule has 2 aromatic heterocycles. The highest BCUT2D eigenvalue weighted by Crippen LogP contribution is 2.27. The molecule has 3 heterocycles. The zero-order valence-electron chi connectivity index (χ0n) is 17.2. The fourth-order valence-electron chi connectivity index (χ4n) is 3.63. The number of carbonyl (C=O) groups excluding carboxylic acids is 1. The van der Waals surface area contributed by atoms with Crippen LogP contribution in [0, 0.1) is 0 Å². The summed E-state index contributed by atoms with van der Waals surface area (Å²) in [6.07, 6.45) is 5.42. The predicted molar refractivity (Wildman–Crippen MR) is 122 cm³/mol. The van der Waals surface area contributed by atoms with Crippen LogP contribution >= 0.6 is 11.3 Å². The fourth-order valence-corrected chi connectivity index (χ4v) is 4.56. The quantitative estimate of drug-likeness (QED) is 0.500. The first-order chi connectivity index (χ1) is 14.5. The second-order valence-corrected chi connectivity index (χ2v) is 8.75. The number of hydrogen-bond acceptors (Lipinski definition) is 6. The van der Waals surface area contributed by atoms with Gasteiger partial charge in [-0.1, -0.05) is 18.2 Å². The van der Waals surface area contributed by atoms with Gasteiger partial charge in [-0.05, 0) is 51.3 Å². The molecular formula is C22H25N5O2S. The Kier molecular flexibility index (Phi) is 5.94. The molecule has 1 fully saturated rings. The van der Waals surface area contributed by atoms with Crippen LogP contribution in [-0.4, -0.2) is 35.0 Å². The van der Waals surface area contributed by atoms with Gasteiger partial charge in [-0.3, -0.25) is 9.59 Å². The van der Waals surface area contributed by atoms with E-state index in [-0.39, 0.29) is 17.3 Å². The molecular weight excluding hydrogens is 398 g/mol. The zero-order valence-corrected chi connectivity index (χ0v) is 18.0. The van der Waals surface area contributed by atoms with Crippen molar-refractivity contribution in [1.82, 2.24) is 15.2 Å². The van der Waals surface area contributed by atoms with Gasteiger partial charge in [0.25, 0.3) is 11.5 Å². The minimum atomic E-state index is -0.440. The summed E-state index contributed by atoms with van der Waals surface area (Å²) in [4.78, 5) is 28.8. The number of benzene rings is 1. The predicted octanol–water partition coefficient (Wildman–Crippen LogP) is 3.79. The van der Waals surface area contributed by atoms with Crippen molar-refractivity contribution in [2.24, 2.45) is 5.10 Å². The number of anilines is 1. The maximum Gasteiger partial charge on any atom is 0.292 e. The Bertz CT molecular complexity index is 1140. The van der Waals surface area contributed by atoms with Crippen LogP contribution in [-0.2, 0) is 0 Å². The summed E-state index contributed by atoms with van der Waals surface area (Å²) in [5.74, 6) is -0.440. The second kappa shape index (κ2) is 8.79. The lowest BCUT2D eigenvalue weighted by Crippen LogP contribution is -2.30. The lowest BCUT2D eigenvalue weighted by Gasteiger charge is -2.27. The van der Waals surface area contributed by atoms with Gasteiger partial charge in [0.2, 0.25) is 0 Å². The molecule has 0 unspecified atom stereocenters. The van der Waals surface area contributed by atoms with E-state index in [9.17, 15) is 9.59 Å². The first-order valence-electron chi connectivity index (χ1n) is 10.2. The number of amides is 1. The van der Waals surface area contributed by atoms with Crippen molar-refractivity contribution < 1.29 is 4.79 Å². The maximum absolute atomic E-state index is 12.8. The molecule has 0 atom stereocenters. The van der Waals surface area contributed by atoms with Gasteiger partial charge in [-0.25, -0.2) is 10.1 Å². The Morgan fingerprint density at radius 3 is 2.60 bits per heavy atom. The van der Waals surface area contributed by atoms with Gasteiger partial charge in [0.15, 0.2) is 5.69 Å². The summed E-state index contributed by atoms with van der Waals surface area (Å²) in [6, 6.07) is 11.0. The number of fused-ring (bicyclic) bond motifs is 1. The molecule has 0 saturated carbocycles. The van der Waals surface area contributed by atoms with Crippen molar-refractivity contribution >= 4 is 39.2 Å². The molecule has 0 spiro atoms. The van der Waals surface area contributed by atoms with Crippen LogP contribution in [0.25, 0.3) is 10.8 Å². The van der Waals surface area contributed by atoms with Crippen LogP contribution in [0.5, 0.6) is 0 Å². The van der Waals surface area contributed by atoms with Crippen molar-refractivity contribution in [3.8, 4) is 0 Å². The molecule has 1 amide bonds. The number of nitrogens with zero attached hydrogens (tertiary/aromatic N) is 4. The Morgan fingerprint density at radius 1 is 1.13 bits per heavy atom. The maximum atomic E-state index is 12.8. The number of thiophene rings is 1. The van der Waals surface area contributed by atoms with E-state index < -0.39 is 5.91 Å². The van der Waals surface area contributed by atoms with E-state index in [2.05, 4.69) is 26.6 Å². The summed E-state index contributed by atoms with van der Waals surface area (Å²) in [7, 11) is 0. The van der Waals surface area contributed by atoms with E-state index in [0.29, 0.717) is 10.8 Å². The van der Waals surface area contributed by atoms with E-state index in [4.69, 9.17) is 0 Å². The number of piperidine rings is 1. The van der Waals surface area contributed by atoms with E-state index in [1.165, 1.54) is 28.9 Å². The molecule has 0 radical (unpaired) electrons. The molecule has 1 aliphatic rings. The van der Waals surface area contributed by atoms with Gasteiger partial charge in [0, 0.05) is 23.4 Å². The normalized spacial score (nSPS) is 14.7. The smallest absolute Gasteiger partial charge is 0.292 e. The summed E-state index contributed by atoms with van der Waals surface area (Å²) in [5.41, 5.74) is 2.55. The van der Waals surface area contributed by atoms with Gasteiger partial charge < -0.3 is 4.90 Å². The highest BCUT2D eigenvalue weighted by molar-refractivity contribution is 7.17. The van der Waals surface area contributed by atoms with E-state index in [1.807, 2.05) is 19.9 Å². The highest BCUT2D eigenvalue weighted by atomic mass is 32.1. The van der Waals surface area contributed by atoms with E-state index in [1.54, 1.807) is 41.8 Å². The molecule has 8 heteroatoms. The molecule has 1 aliphatic heterocycles.